The number of hydrogen-bond donors (Lipinski definition) is 1. The van der Waals surface area contributed by atoms with Crippen molar-refractivity contribution in [2.75, 3.05) is 11.4 Å². The van der Waals surface area contributed by atoms with E-state index in [0.29, 0.717) is 17.0 Å². The summed E-state index contributed by atoms with van der Waals surface area (Å²) in [7, 11) is 0. The molecule has 9 heteroatoms. The van der Waals surface area contributed by atoms with E-state index in [0.717, 1.165) is 54.3 Å². The number of imidazole rings is 1. The minimum atomic E-state index is -0.208. The topological polar surface area (TPSA) is 88.1 Å². The third-order valence-corrected chi connectivity index (χ3v) is 6.12. The van der Waals surface area contributed by atoms with Gasteiger partial charge in [-0.25, -0.2) is 9.50 Å². The van der Waals surface area contributed by atoms with E-state index >= 15 is 0 Å². The molecule has 28 heavy (non-hydrogen) atoms. The SMILES string of the molecule is Clc1cccn2nc(C3c4nc[nH]c4CCN3c3nnc(C4CCC4)o3)cc12. The molecule has 142 valence electrons. The van der Waals surface area contributed by atoms with Gasteiger partial charge in [0.05, 0.1) is 28.3 Å². The first-order chi connectivity index (χ1) is 13.8. The number of nitrogens with zero attached hydrogens (tertiary/aromatic N) is 6. The lowest BCUT2D eigenvalue weighted by atomic mass is 9.85. The van der Waals surface area contributed by atoms with Gasteiger partial charge in [-0.15, -0.1) is 5.10 Å². The molecule has 0 saturated heterocycles. The Morgan fingerprint density at radius 3 is 3.00 bits per heavy atom. The first kappa shape index (κ1) is 16.1. The van der Waals surface area contributed by atoms with Crippen LogP contribution in [0.25, 0.3) is 5.52 Å². The van der Waals surface area contributed by atoms with Gasteiger partial charge in [-0.05, 0) is 31.0 Å². The van der Waals surface area contributed by atoms with Gasteiger partial charge in [0.1, 0.15) is 6.04 Å². The fourth-order valence-corrected chi connectivity index (χ4v) is 4.29. The number of nitrogens with one attached hydrogen (secondary N) is 1. The second kappa shape index (κ2) is 6.07. The van der Waals surface area contributed by atoms with Gasteiger partial charge in [-0.1, -0.05) is 23.1 Å². The minimum absolute atomic E-state index is 0.208. The van der Waals surface area contributed by atoms with Crippen molar-refractivity contribution >= 4 is 23.1 Å². The highest BCUT2D eigenvalue weighted by molar-refractivity contribution is 6.33. The Kier molecular flexibility index (Phi) is 3.49. The van der Waals surface area contributed by atoms with E-state index in [2.05, 4.69) is 25.1 Å². The maximum Gasteiger partial charge on any atom is 0.319 e. The number of hydrogen-bond acceptors (Lipinski definition) is 6. The summed E-state index contributed by atoms with van der Waals surface area (Å²) in [5.74, 6) is 1.14. The van der Waals surface area contributed by atoms with Crippen molar-refractivity contribution in [1.29, 1.82) is 0 Å². The van der Waals surface area contributed by atoms with Crippen molar-refractivity contribution in [3.63, 3.8) is 0 Å². The minimum Gasteiger partial charge on any atom is -0.408 e. The van der Waals surface area contributed by atoms with Crippen molar-refractivity contribution in [3.8, 4) is 0 Å². The van der Waals surface area contributed by atoms with Crippen LogP contribution >= 0.6 is 11.6 Å². The number of aromatic nitrogens is 6. The molecule has 8 nitrogen and oxygen atoms in total. The number of H-pyrrole nitrogens is 1. The molecule has 0 spiro atoms. The molecule has 1 saturated carbocycles. The maximum absolute atomic E-state index is 6.37. The lowest BCUT2D eigenvalue weighted by molar-refractivity contribution is 0.333. The largest absolute Gasteiger partial charge is 0.408 e. The monoisotopic (exact) mass is 395 g/mol. The van der Waals surface area contributed by atoms with Gasteiger partial charge in [0, 0.05) is 30.8 Å². The van der Waals surface area contributed by atoms with E-state index in [-0.39, 0.29) is 6.04 Å². The van der Waals surface area contributed by atoms with Crippen LogP contribution in [-0.4, -0.2) is 36.3 Å². The van der Waals surface area contributed by atoms with Crippen molar-refractivity contribution < 1.29 is 4.42 Å². The predicted molar refractivity (Wildman–Crippen MR) is 103 cm³/mol. The maximum atomic E-state index is 6.37. The normalized spacial score (nSPS) is 19.8. The zero-order chi connectivity index (χ0) is 18.7. The zero-order valence-electron chi connectivity index (χ0n) is 15.0. The Labute approximate surface area is 165 Å². The van der Waals surface area contributed by atoms with Crippen LogP contribution in [0.5, 0.6) is 0 Å². The van der Waals surface area contributed by atoms with Gasteiger partial charge >= 0.3 is 6.01 Å². The summed E-state index contributed by atoms with van der Waals surface area (Å²) in [6, 6.07) is 6.08. The summed E-state index contributed by atoms with van der Waals surface area (Å²) in [5, 5.41) is 14.1. The highest BCUT2D eigenvalue weighted by Gasteiger charge is 2.36. The van der Waals surface area contributed by atoms with E-state index in [1.165, 1.54) is 6.42 Å². The standard InChI is InChI=1S/C19H18ClN7O/c20-12-5-2-7-27-15(12)9-14(25-27)17-16-13(21-10-22-16)6-8-26(17)19-24-23-18(28-19)11-3-1-4-11/h2,5,7,9-11,17H,1,3-4,6,8H2,(H,21,22). The average Bonchev–Trinajstić information content (AvgIpc) is 3.38. The smallest absolute Gasteiger partial charge is 0.319 e. The van der Waals surface area contributed by atoms with Crippen molar-refractivity contribution in [3.05, 3.63) is 58.7 Å². The van der Waals surface area contributed by atoms with Crippen LogP contribution in [0.2, 0.25) is 5.02 Å². The Balaban J connectivity index is 1.46. The summed E-state index contributed by atoms with van der Waals surface area (Å²) in [4.78, 5) is 9.94. The third kappa shape index (κ3) is 2.37. The predicted octanol–water partition coefficient (Wildman–Crippen LogP) is 3.51. The number of pyridine rings is 1. The van der Waals surface area contributed by atoms with E-state index < -0.39 is 0 Å². The molecule has 1 aliphatic heterocycles. The molecule has 2 aliphatic rings. The van der Waals surface area contributed by atoms with Crippen LogP contribution in [0.15, 0.2) is 35.1 Å². The fourth-order valence-electron chi connectivity index (χ4n) is 4.08. The van der Waals surface area contributed by atoms with Crippen LogP contribution < -0.4 is 4.90 Å². The highest BCUT2D eigenvalue weighted by atomic mass is 35.5. The van der Waals surface area contributed by atoms with Gasteiger partial charge in [0.2, 0.25) is 5.89 Å². The Bertz CT molecular complexity index is 1160. The van der Waals surface area contributed by atoms with Crippen LogP contribution in [0.3, 0.4) is 0 Å². The number of halogens is 1. The van der Waals surface area contributed by atoms with Crippen LogP contribution in [0, 0.1) is 0 Å². The summed E-state index contributed by atoms with van der Waals surface area (Å²) >= 11 is 6.37. The van der Waals surface area contributed by atoms with Gasteiger partial charge in [-0.3, -0.25) is 0 Å². The van der Waals surface area contributed by atoms with Gasteiger partial charge in [-0.2, -0.15) is 5.10 Å². The van der Waals surface area contributed by atoms with E-state index in [4.69, 9.17) is 21.1 Å². The molecule has 4 aromatic rings. The fraction of sp³-hybridized carbons (Fsp3) is 0.368. The Hall–Kier alpha value is -2.87. The molecule has 1 unspecified atom stereocenters. The van der Waals surface area contributed by atoms with Crippen molar-refractivity contribution in [1.82, 2.24) is 29.8 Å². The number of fused-ring (bicyclic) bond motifs is 2. The lowest BCUT2D eigenvalue weighted by Gasteiger charge is -2.32. The number of rotatable bonds is 3. The molecular formula is C19H18ClN7O. The molecule has 4 aromatic heterocycles. The quantitative estimate of drug-likeness (QED) is 0.571. The number of aromatic amines is 1. The molecular weight excluding hydrogens is 378 g/mol. The highest BCUT2D eigenvalue weighted by Crippen LogP contribution is 2.40. The zero-order valence-corrected chi connectivity index (χ0v) is 15.8. The van der Waals surface area contributed by atoms with Crippen LogP contribution in [0.1, 0.15) is 54.2 Å². The summed E-state index contributed by atoms with van der Waals surface area (Å²) < 4.78 is 7.87. The third-order valence-electron chi connectivity index (χ3n) is 5.80. The lowest BCUT2D eigenvalue weighted by Crippen LogP contribution is -2.37. The van der Waals surface area contributed by atoms with Crippen LogP contribution in [-0.2, 0) is 6.42 Å². The molecule has 1 fully saturated rings. The Morgan fingerprint density at radius 1 is 1.25 bits per heavy atom. The first-order valence-corrected chi connectivity index (χ1v) is 9.92. The molecule has 5 heterocycles. The van der Waals surface area contributed by atoms with Gasteiger partial charge in [0.25, 0.3) is 0 Å². The molecule has 0 amide bonds. The number of anilines is 1. The molecule has 1 atom stereocenters. The first-order valence-electron chi connectivity index (χ1n) is 9.54. The van der Waals surface area contributed by atoms with E-state index in [1.807, 2.05) is 24.4 Å². The molecule has 0 radical (unpaired) electrons. The van der Waals surface area contributed by atoms with Crippen LogP contribution in [0.4, 0.5) is 6.01 Å². The second-order valence-electron chi connectivity index (χ2n) is 7.42. The molecule has 0 bridgehead atoms. The summed E-state index contributed by atoms with van der Waals surface area (Å²) in [5.41, 5.74) is 3.77. The van der Waals surface area contributed by atoms with Gasteiger partial charge in [0.15, 0.2) is 0 Å². The Morgan fingerprint density at radius 2 is 2.18 bits per heavy atom. The molecule has 0 aromatic carbocycles. The second-order valence-corrected chi connectivity index (χ2v) is 7.83. The van der Waals surface area contributed by atoms with Crippen molar-refractivity contribution in [2.24, 2.45) is 0 Å². The average molecular weight is 396 g/mol. The van der Waals surface area contributed by atoms with E-state index in [9.17, 15) is 0 Å². The molecule has 1 N–H and O–H groups in total. The van der Waals surface area contributed by atoms with Gasteiger partial charge < -0.3 is 14.3 Å². The summed E-state index contributed by atoms with van der Waals surface area (Å²) in [6.07, 6.45) is 7.94. The van der Waals surface area contributed by atoms with Crippen molar-refractivity contribution in [2.45, 2.75) is 37.6 Å². The summed E-state index contributed by atoms with van der Waals surface area (Å²) in [6.45, 7) is 0.744. The molecule has 6 rings (SSSR count). The molecule has 1 aliphatic carbocycles. The van der Waals surface area contributed by atoms with E-state index in [1.54, 1.807) is 10.8 Å².